The molecular formula is C43H67N6O11P. The Hall–Kier alpha value is -4.28. The van der Waals surface area contributed by atoms with E-state index in [4.69, 9.17) is 14.8 Å². The number of amides is 4. The summed E-state index contributed by atoms with van der Waals surface area (Å²) in [5.41, 5.74) is 7.42. The summed E-state index contributed by atoms with van der Waals surface area (Å²) in [6.07, 6.45) is 9.54. The largest absolute Gasteiger partial charge is 0.472 e. The number of primary amides is 1. The van der Waals surface area contributed by atoms with Gasteiger partial charge in [0.2, 0.25) is 23.6 Å². The monoisotopic (exact) mass is 874 g/mol. The molecule has 18 heteroatoms. The molecular weight excluding hydrogens is 807 g/mol. The number of phosphoric acid groups is 1. The van der Waals surface area contributed by atoms with E-state index in [2.05, 4.69) is 32.7 Å². The van der Waals surface area contributed by atoms with E-state index < -0.39 is 86.2 Å². The quantitative estimate of drug-likeness (QED) is 0.0479. The highest BCUT2D eigenvalue weighted by Gasteiger charge is 2.38. The number of aromatic nitrogens is 2. The van der Waals surface area contributed by atoms with Gasteiger partial charge in [-0.2, -0.15) is 0 Å². The summed E-state index contributed by atoms with van der Waals surface area (Å²) in [4.78, 5) is 97.7. The van der Waals surface area contributed by atoms with Gasteiger partial charge in [0.1, 0.15) is 12.1 Å². The number of rotatable bonds is 30. The highest BCUT2D eigenvalue weighted by atomic mass is 31.2. The number of unbranched alkanes of at least 4 members (excludes halogenated alkanes) is 6. The van der Waals surface area contributed by atoms with Gasteiger partial charge in [-0.3, -0.25) is 37.8 Å². The second-order valence-corrected chi connectivity index (χ2v) is 17.9. The molecule has 3 rings (SSSR count). The van der Waals surface area contributed by atoms with Crippen molar-refractivity contribution in [3.63, 3.8) is 0 Å². The molecule has 2 aromatic rings. The summed E-state index contributed by atoms with van der Waals surface area (Å²) in [6.45, 7) is 5.95. The van der Waals surface area contributed by atoms with Crippen LogP contribution in [0.5, 0.6) is 0 Å². The van der Waals surface area contributed by atoms with Crippen molar-refractivity contribution in [2.75, 3.05) is 19.8 Å². The first-order valence-corrected chi connectivity index (χ1v) is 23.0. The Morgan fingerprint density at radius 3 is 2.21 bits per heavy atom. The second kappa shape index (κ2) is 26.3. The number of H-pyrrole nitrogens is 1. The number of aliphatic hydroxyl groups is 1. The first-order valence-electron chi connectivity index (χ1n) is 21.5. The predicted molar refractivity (Wildman–Crippen MR) is 227 cm³/mol. The van der Waals surface area contributed by atoms with Crippen LogP contribution in [-0.4, -0.2) is 104 Å². The minimum Gasteiger partial charge on any atom is -0.394 e. The number of aryl methyl sites for hydroxylation is 1. The number of aromatic amines is 1. The molecule has 1 aliphatic rings. The molecule has 0 spiro atoms. The number of carbonyl (C=O) groups is 6. The van der Waals surface area contributed by atoms with Crippen LogP contribution in [0, 0.1) is 17.8 Å². The average Bonchev–Trinajstić information content (AvgIpc) is 3.92. The van der Waals surface area contributed by atoms with Gasteiger partial charge in [-0.1, -0.05) is 76.3 Å². The Morgan fingerprint density at radius 1 is 0.951 bits per heavy atom. The van der Waals surface area contributed by atoms with Gasteiger partial charge in [0.15, 0.2) is 11.6 Å². The average molecular weight is 875 g/mol. The molecule has 0 saturated carbocycles. The molecule has 1 aromatic heterocycles. The van der Waals surface area contributed by atoms with Crippen molar-refractivity contribution in [3.05, 3.63) is 54.1 Å². The van der Waals surface area contributed by atoms with Gasteiger partial charge in [-0.15, -0.1) is 0 Å². The maximum Gasteiger partial charge on any atom is 0.472 e. The SMILES string of the molecule is CC(=O)N1CCC[C@H]1C(=O)N[C@@H](CC(C)C)C(=O)C[C@@H](Cc1cnc[nH]1)C(=O)N[C@@H](CO)C(=O)C[C@H](C(N)=O)[C@@H](C)OP(=O)(O)OCCCCCCCCCc1ccccc1. The normalized spacial score (nSPS) is 17.5. The molecule has 4 amide bonds. The Labute approximate surface area is 359 Å². The van der Waals surface area contributed by atoms with Crippen LogP contribution in [0.2, 0.25) is 0 Å². The van der Waals surface area contributed by atoms with Crippen molar-refractivity contribution in [1.29, 1.82) is 0 Å². The molecule has 0 bridgehead atoms. The van der Waals surface area contributed by atoms with Crippen molar-refractivity contribution >= 4 is 43.0 Å². The predicted octanol–water partition coefficient (Wildman–Crippen LogP) is 4.10. The number of nitrogens with zero attached hydrogens (tertiary/aromatic N) is 2. The summed E-state index contributed by atoms with van der Waals surface area (Å²) in [5.74, 6) is -6.26. The van der Waals surface area contributed by atoms with Gasteiger partial charge in [0.05, 0.1) is 43.5 Å². The molecule has 17 nitrogen and oxygen atoms in total. The smallest absolute Gasteiger partial charge is 0.394 e. The van der Waals surface area contributed by atoms with E-state index in [-0.39, 0.29) is 37.7 Å². The molecule has 1 aliphatic heterocycles. The molecule has 340 valence electrons. The van der Waals surface area contributed by atoms with Crippen molar-refractivity contribution in [2.24, 2.45) is 23.5 Å². The second-order valence-electron chi connectivity index (χ2n) is 16.5. The number of likely N-dealkylation sites (tertiary alicyclic amines) is 1. The van der Waals surface area contributed by atoms with Crippen LogP contribution in [0.3, 0.4) is 0 Å². The van der Waals surface area contributed by atoms with E-state index in [0.717, 1.165) is 44.9 Å². The Bertz CT molecular complexity index is 1740. The van der Waals surface area contributed by atoms with Crippen molar-refractivity contribution in [3.8, 4) is 0 Å². The van der Waals surface area contributed by atoms with Crippen LogP contribution in [0.25, 0.3) is 0 Å². The third kappa shape index (κ3) is 18.3. The molecule has 1 unspecified atom stereocenters. The number of carbonyl (C=O) groups excluding carboxylic acids is 6. The van der Waals surface area contributed by atoms with E-state index >= 15 is 0 Å². The molecule has 1 aromatic carbocycles. The van der Waals surface area contributed by atoms with Gasteiger partial charge in [-0.05, 0) is 56.9 Å². The fraction of sp³-hybridized carbons (Fsp3) is 0.651. The minimum atomic E-state index is -4.66. The molecule has 7 atom stereocenters. The molecule has 0 radical (unpaired) electrons. The van der Waals surface area contributed by atoms with E-state index in [9.17, 15) is 43.3 Å². The van der Waals surface area contributed by atoms with E-state index in [0.29, 0.717) is 31.5 Å². The third-order valence-electron chi connectivity index (χ3n) is 11.0. The van der Waals surface area contributed by atoms with Gasteiger partial charge in [-0.25, -0.2) is 9.55 Å². The molecule has 2 heterocycles. The lowest BCUT2D eigenvalue weighted by Gasteiger charge is -2.27. The summed E-state index contributed by atoms with van der Waals surface area (Å²) < 4.78 is 23.1. The number of phosphoric ester groups is 1. The topological polar surface area (TPSA) is 260 Å². The van der Waals surface area contributed by atoms with Crippen LogP contribution in [0.1, 0.15) is 116 Å². The summed E-state index contributed by atoms with van der Waals surface area (Å²) in [7, 11) is -4.66. The first-order chi connectivity index (χ1) is 29.0. The highest BCUT2D eigenvalue weighted by Crippen LogP contribution is 2.46. The first kappa shape index (κ1) is 51.1. The van der Waals surface area contributed by atoms with Gasteiger partial charge in [0, 0.05) is 44.6 Å². The van der Waals surface area contributed by atoms with Crippen LogP contribution in [-0.2, 0) is 55.2 Å². The molecule has 7 N–H and O–H groups in total. The highest BCUT2D eigenvalue weighted by molar-refractivity contribution is 7.47. The summed E-state index contributed by atoms with van der Waals surface area (Å²) in [6, 6.07) is 7.12. The van der Waals surface area contributed by atoms with Gasteiger partial charge in [0.25, 0.3) is 0 Å². The van der Waals surface area contributed by atoms with Crippen molar-refractivity contribution in [2.45, 2.75) is 142 Å². The van der Waals surface area contributed by atoms with Crippen LogP contribution >= 0.6 is 7.82 Å². The lowest BCUT2D eigenvalue weighted by molar-refractivity contribution is -0.138. The van der Waals surface area contributed by atoms with Crippen LogP contribution in [0.4, 0.5) is 0 Å². The zero-order valence-corrected chi connectivity index (χ0v) is 37.0. The van der Waals surface area contributed by atoms with Crippen LogP contribution < -0.4 is 16.4 Å². The number of ketones is 2. The van der Waals surface area contributed by atoms with E-state index in [1.807, 2.05) is 32.0 Å². The van der Waals surface area contributed by atoms with Crippen molar-refractivity contribution < 1.29 is 52.4 Å². The number of nitrogens with two attached hydrogens (primary N) is 1. The van der Waals surface area contributed by atoms with Gasteiger partial charge >= 0.3 is 7.82 Å². The lowest BCUT2D eigenvalue weighted by atomic mass is 9.89. The minimum absolute atomic E-state index is 0.0112. The van der Waals surface area contributed by atoms with E-state index in [1.54, 1.807) is 0 Å². The Morgan fingerprint density at radius 2 is 1.61 bits per heavy atom. The zero-order chi connectivity index (χ0) is 45.0. The number of imidazole rings is 1. The summed E-state index contributed by atoms with van der Waals surface area (Å²) >= 11 is 0. The molecule has 61 heavy (non-hydrogen) atoms. The van der Waals surface area contributed by atoms with Crippen LogP contribution in [0.15, 0.2) is 42.9 Å². The number of hydrogen-bond donors (Lipinski definition) is 6. The fourth-order valence-electron chi connectivity index (χ4n) is 7.56. The number of aliphatic hydroxyl groups excluding tert-OH is 1. The Balaban J connectivity index is 1.54. The number of benzene rings is 1. The summed E-state index contributed by atoms with van der Waals surface area (Å²) in [5, 5.41) is 15.5. The number of Topliss-reactive ketones (excluding diaryl/α,β-unsaturated/α-hetero) is 2. The maximum absolute atomic E-state index is 13.8. The third-order valence-corrected chi connectivity index (χ3v) is 12.1. The fourth-order valence-corrected chi connectivity index (χ4v) is 8.55. The number of hydrogen-bond acceptors (Lipinski definition) is 11. The zero-order valence-electron chi connectivity index (χ0n) is 36.1. The molecule has 0 aliphatic carbocycles. The van der Waals surface area contributed by atoms with Gasteiger partial charge < -0.3 is 36.3 Å². The number of nitrogens with one attached hydrogen (secondary N) is 3. The Kier molecular flexibility index (Phi) is 22.0. The standard InChI is InChI=1S/C43H67N6O11P/c1-29(2)22-36(47-43(56)38-19-15-20-49(38)31(4)51)39(52)24-33(23-34-26-45-28-46-34)42(55)48-37(27-50)40(53)25-35(41(44)54)30(3)60-61(57,58)59-21-14-9-7-5-6-8-11-16-32-17-12-10-13-18-32/h10,12-13,17-18,26,28-30,33,35-38,50H,5-9,11,14-16,19-25,27H2,1-4H3,(H2,44,54)(H,45,46)(H,47,56)(H,48,55)(H,57,58)/t30-,33-,35+,36+,37+,38+/m1/s1. The lowest BCUT2D eigenvalue weighted by Crippen LogP contribution is -2.52. The maximum atomic E-state index is 13.8. The molecule has 1 saturated heterocycles. The van der Waals surface area contributed by atoms with E-state index in [1.165, 1.54) is 36.8 Å². The molecule has 1 fully saturated rings. The van der Waals surface area contributed by atoms with Crippen molar-refractivity contribution in [1.82, 2.24) is 25.5 Å².